The summed E-state index contributed by atoms with van der Waals surface area (Å²) in [5.74, 6) is 0.0343. The van der Waals surface area contributed by atoms with E-state index in [1.165, 1.54) is 12.1 Å². The first-order valence-corrected chi connectivity index (χ1v) is 13.2. The maximum atomic E-state index is 14.2. The lowest BCUT2D eigenvalue weighted by atomic mass is 10.0. The lowest BCUT2D eigenvalue weighted by Crippen LogP contribution is -2.43. The number of carbonyl (C=O) groups is 2. The van der Waals surface area contributed by atoms with Crippen LogP contribution in [0.4, 0.5) is 4.39 Å². The Kier molecular flexibility index (Phi) is 8.65. The van der Waals surface area contributed by atoms with Gasteiger partial charge in [0.15, 0.2) is 0 Å². The van der Waals surface area contributed by atoms with Crippen molar-refractivity contribution in [3.05, 3.63) is 70.5 Å². The Hall–Kier alpha value is -2.48. The maximum Gasteiger partial charge on any atom is 0.258 e. The molecule has 0 aromatic heterocycles. The number of likely N-dealkylation sites (tertiary alicyclic amines) is 2. The number of nitrogens with zero attached hydrogens (tertiary/aromatic N) is 2. The molecule has 2 aliphatic rings. The summed E-state index contributed by atoms with van der Waals surface area (Å²) in [6, 6.07) is 13.7. The van der Waals surface area contributed by atoms with E-state index in [0.717, 1.165) is 31.6 Å². The molecular weight excluding hydrogens is 479 g/mol. The summed E-state index contributed by atoms with van der Waals surface area (Å²) in [6.45, 7) is 7.92. The highest BCUT2D eigenvalue weighted by Gasteiger charge is 2.42. The molecule has 0 aliphatic carbocycles. The van der Waals surface area contributed by atoms with Crippen molar-refractivity contribution in [1.82, 2.24) is 15.1 Å². The van der Waals surface area contributed by atoms with Gasteiger partial charge >= 0.3 is 0 Å². The van der Waals surface area contributed by atoms with Gasteiger partial charge in [0.1, 0.15) is 5.82 Å². The fourth-order valence-electron chi connectivity index (χ4n) is 5.51. The summed E-state index contributed by atoms with van der Waals surface area (Å²) in [6.07, 6.45) is 1.42. The third kappa shape index (κ3) is 6.25. The van der Waals surface area contributed by atoms with Gasteiger partial charge in [0.25, 0.3) is 5.91 Å². The molecule has 0 bridgehead atoms. The molecule has 3 N–H and O–H groups in total. The zero-order valence-corrected chi connectivity index (χ0v) is 21.8. The van der Waals surface area contributed by atoms with Crippen molar-refractivity contribution in [3.8, 4) is 0 Å². The van der Waals surface area contributed by atoms with Crippen LogP contribution in [0.25, 0.3) is 0 Å². The molecule has 2 heterocycles. The number of amides is 2. The first kappa shape index (κ1) is 26.6. The summed E-state index contributed by atoms with van der Waals surface area (Å²) in [5.41, 5.74) is 7.17. The largest absolute Gasteiger partial charge is 0.348 e. The minimum absolute atomic E-state index is 0.0342. The molecule has 36 heavy (non-hydrogen) atoms. The number of hydrogen-bond acceptors (Lipinski definition) is 4. The summed E-state index contributed by atoms with van der Waals surface area (Å²) in [5, 5.41) is 3.33. The summed E-state index contributed by atoms with van der Waals surface area (Å²) >= 11 is 6.11. The van der Waals surface area contributed by atoms with Crippen molar-refractivity contribution in [2.75, 3.05) is 32.7 Å². The van der Waals surface area contributed by atoms with Crippen LogP contribution in [-0.4, -0.2) is 60.4 Å². The third-order valence-electron chi connectivity index (χ3n) is 7.34. The van der Waals surface area contributed by atoms with Gasteiger partial charge in [-0.2, -0.15) is 0 Å². The second-order valence-corrected chi connectivity index (χ2v) is 11.0. The summed E-state index contributed by atoms with van der Waals surface area (Å²) < 4.78 is 14.2. The Morgan fingerprint density at radius 3 is 2.33 bits per heavy atom. The molecule has 2 aromatic rings. The highest BCUT2D eigenvalue weighted by Crippen LogP contribution is 2.33. The molecule has 4 atom stereocenters. The monoisotopic (exact) mass is 514 g/mol. The van der Waals surface area contributed by atoms with E-state index in [1.807, 2.05) is 30.3 Å². The molecular formula is C28H36ClFN4O2. The van der Waals surface area contributed by atoms with Gasteiger partial charge in [-0.05, 0) is 48.3 Å². The van der Waals surface area contributed by atoms with E-state index >= 15 is 0 Å². The summed E-state index contributed by atoms with van der Waals surface area (Å²) in [4.78, 5) is 29.8. The summed E-state index contributed by atoms with van der Waals surface area (Å²) in [7, 11) is 0. The van der Waals surface area contributed by atoms with E-state index in [0.29, 0.717) is 37.3 Å². The first-order valence-electron chi connectivity index (χ1n) is 12.8. The molecule has 194 valence electrons. The van der Waals surface area contributed by atoms with Gasteiger partial charge in [-0.25, -0.2) is 4.39 Å². The van der Waals surface area contributed by atoms with E-state index in [2.05, 4.69) is 24.1 Å². The van der Waals surface area contributed by atoms with Crippen molar-refractivity contribution in [1.29, 1.82) is 0 Å². The first-order chi connectivity index (χ1) is 17.2. The zero-order valence-electron chi connectivity index (χ0n) is 21.0. The number of hydrogen-bond donors (Lipinski definition) is 2. The van der Waals surface area contributed by atoms with Gasteiger partial charge in [-0.1, -0.05) is 61.8 Å². The van der Waals surface area contributed by atoms with Crippen LogP contribution in [0.5, 0.6) is 0 Å². The average molecular weight is 515 g/mol. The van der Waals surface area contributed by atoms with E-state index in [-0.39, 0.29) is 28.4 Å². The van der Waals surface area contributed by atoms with Crippen LogP contribution in [0.2, 0.25) is 5.02 Å². The lowest BCUT2D eigenvalue weighted by molar-refractivity contribution is -0.123. The number of rotatable bonds is 9. The van der Waals surface area contributed by atoms with Crippen LogP contribution >= 0.6 is 11.6 Å². The zero-order chi connectivity index (χ0) is 25.8. The SMILES string of the molecule is CC(C)CC(N)C(=O)N[C@@H](CCN1CC2CN(C(=O)c3c(F)cccc3Cl)C[C@@H]2C1)c1ccccc1. The molecule has 2 saturated heterocycles. The predicted octanol–water partition coefficient (Wildman–Crippen LogP) is 4.10. The van der Waals surface area contributed by atoms with E-state index in [9.17, 15) is 14.0 Å². The van der Waals surface area contributed by atoms with Gasteiger partial charge in [0.05, 0.1) is 22.7 Å². The van der Waals surface area contributed by atoms with Gasteiger partial charge in [-0.3, -0.25) is 9.59 Å². The molecule has 2 unspecified atom stereocenters. The number of nitrogens with one attached hydrogen (secondary N) is 1. The average Bonchev–Trinajstić information content (AvgIpc) is 3.40. The predicted molar refractivity (Wildman–Crippen MR) is 140 cm³/mol. The molecule has 0 saturated carbocycles. The fourth-order valence-corrected chi connectivity index (χ4v) is 5.76. The van der Waals surface area contributed by atoms with Crippen LogP contribution in [0, 0.1) is 23.6 Å². The number of nitrogens with two attached hydrogens (primary N) is 1. The molecule has 4 rings (SSSR count). The topological polar surface area (TPSA) is 78.7 Å². The van der Waals surface area contributed by atoms with Gasteiger partial charge in [0, 0.05) is 32.7 Å². The van der Waals surface area contributed by atoms with Crippen LogP contribution in [0.3, 0.4) is 0 Å². The lowest BCUT2D eigenvalue weighted by Gasteiger charge is -2.26. The number of carbonyl (C=O) groups excluding carboxylic acids is 2. The van der Waals surface area contributed by atoms with E-state index in [1.54, 1.807) is 11.0 Å². The Bertz CT molecular complexity index is 1030. The second-order valence-electron chi connectivity index (χ2n) is 10.6. The van der Waals surface area contributed by atoms with Crippen LogP contribution in [-0.2, 0) is 4.79 Å². The van der Waals surface area contributed by atoms with Crippen molar-refractivity contribution in [2.45, 2.75) is 38.8 Å². The smallest absolute Gasteiger partial charge is 0.258 e. The Morgan fingerprint density at radius 1 is 1.06 bits per heavy atom. The van der Waals surface area contributed by atoms with Gasteiger partial charge in [0.2, 0.25) is 5.91 Å². The van der Waals surface area contributed by atoms with E-state index in [4.69, 9.17) is 17.3 Å². The van der Waals surface area contributed by atoms with Crippen molar-refractivity contribution in [3.63, 3.8) is 0 Å². The number of benzene rings is 2. The van der Waals surface area contributed by atoms with Crippen molar-refractivity contribution in [2.24, 2.45) is 23.5 Å². The van der Waals surface area contributed by atoms with Gasteiger partial charge < -0.3 is 20.9 Å². The molecule has 6 nitrogen and oxygen atoms in total. The Labute approximate surface area is 218 Å². The molecule has 2 amide bonds. The molecule has 2 aromatic carbocycles. The van der Waals surface area contributed by atoms with Crippen LogP contribution < -0.4 is 11.1 Å². The minimum atomic E-state index is -0.576. The van der Waals surface area contributed by atoms with Crippen LogP contribution in [0.15, 0.2) is 48.5 Å². The highest BCUT2D eigenvalue weighted by atomic mass is 35.5. The molecule has 2 fully saturated rings. The third-order valence-corrected chi connectivity index (χ3v) is 7.66. The Balaban J connectivity index is 1.33. The van der Waals surface area contributed by atoms with Crippen molar-refractivity contribution >= 4 is 23.4 Å². The van der Waals surface area contributed by atoms with Crippen molar-refractivity contribution < 1.29 is 14.0 Å². The Morgan fingerprint density at radius 2 is 1.72 bits per heavy atom. The van der Waals surface area contributed by atoms with Crippen LogP contribution in [0.1, 0.15) is 48.7 Å². The second kappa shape index (κ2) is 11.7. The maximum absolute atomic E-state index is 14.2. The van der Waals surface area contributed by atoms with Gasteiger partial charge in [-0.15, -0.1) is 0 Å². The normalized spacial score (nSPS) is 21.4. The standard InChI is InChI=1S/C28H36ClFN4O2/c1-18(2)13-24(31)27(35)32-25(19-7-4-3-5-8-19)11-12-33-14-20-16-34(17-21(20)15-33)28(36)26-22(29)9-6-10-23(26)30/h3-10,18,20-21,24-25H,11-17,31H2,1-2H3,(H,32,35)/t20-,21?,24?,25-/m0/s1. The van der Waals surface area contributed by atoms with E-state index < -0.39 is 11.9 Å². The molecule has 0 spiro atoms. The number of fused-ring (bicyclic) bond motifs is 1. The molecule has 0 radical (unpaired) electrons. The number of halogens is 2. The molecule has 2 aliphatic heterocycles. The minimum Gasteiger partial charge on any atom is -0.348 e. The molecule has 8 heteroatoms. The fraction of sp³-hybridized carbons (Fsp3) is 0.500. The highest BCUT2D eigenvalue weighted by molar-refractivity contribution is 6.33. The quantitative estimate of drug-likeness (QED) is 0.528.